The number of amides is 1. The summed E-state index contributed by atoms with van der Waals surface area (Å²) in [7, 11) is 0. The average molecular weight is 538 g/mol. The lowest BCUT2D eigenvalue weighted by Gasteiger charge is -2.33. The van der Waals surface area contributed by atoms with Crippen LogP contribution in [0.3, 0.4) is 0 Å². The van der Waals surface area contributed by atoms with Gasteiger partial charge < -0.3 is 10.2 Å². The van der Waals surface area contributed by atoms with Crippen molar-refractivity contribution in [3.8, 4) is 0 Å². The molecule has 206 valence electrons. The molecule has 1 N–H and O–H groups in total. The van der Waals surface area contributed by atoms with E-state index in [1.165, 1.54) is 5.56 Å². The molecule has 0 radical (unpaired) electrons. The number of piperidine rings is 2. The summed E-state index contributed by atoms with van der Waals surface area (Å²) in [5.41, 5.74) is 3.00. The Morgan fingerprint density at radius 1 is 0.897 bits per heavy atom. The van der Waals surface area contributed by atoms with E-state index in [1.54, 1.807) is 24.4 Å². The quantitative estimate of drug-likeness (QED) is 0.441. The lowest BCUT2D eigenvalue weighted by atomic mass is 9.91. The van der Waals surface area contributed by atoms with Gasteiger partial charge in [-0.15, -0.1) is 0 Å². The minimum absolute atomic E-state index is 0.0524. The summed E-state index contributed by atoms with van der Waals surface area (Å²) in [5.74, 6) is 0.370. The first-order valence-corrected chi connectivity index (χ1v) is 13.6. The second-order valence-electron chi connectivity index (χ2n) is 10.6. The van der Waals surface area contributed by atoms with Gasteiger partial charge in [0.2, 0.25) is 0 Å². The standard InChI is InChI=1S/C30H34F3N5O/c31-30(32,33)25-1-3-28(4-2-25)38-17-8-22(9-18-38)19-27-20-24(7-14-35-27)29(39)36-26-10-15-37(16-11-26)21-23-5-12-34-13-6-23/h1-7,12-14,20,22,26H,8-11,15-19,21H2,(H,36,39). The van der Waals surface area contributed by atoms with Gasteiger partial charge in [-0.05, 0) is 92.1 Å². The maximum atomic E-state index is 13.0. The van der Waals surface area contributed by atoms with Crippen molar-refractivity contribution in [3.63, 3.8) is 0 Å². The Hall–Kier alpha value is -3.46. The summed E-state index contributed by atoms with van der Waals surface area (Å²) in [6.07, 6.45) is 5.51. The number of pyridine rings is 2. The van der Waals surface area contributed by atoms with Crippen LogP contribution >= 0.6 is 0 Å². The molecular formula is C30H34F3N5O. The van der Waals surface area contributed by atoms with Crippen LogP contribution in [0.1, 0.15) is 52.9 Å². The van der Waals surface area contributed by atoms with Crippen LogP contribution < -0.4 is 10.2 Å². The van der Waals surface area contributed by atoms with E-state index in [0.29, 0.717) is 11.5 Å². The first-order valence-electron chi connectivity index (χ1n) is 13.6. The molecular weight excluding hydrogens is 503 g/mol. The van der Waals surface area contributed by atoms with Crippen molar-refractivity contribution in [1.82, 2.24) is 20.2 Å². The van der Waals surface area contributed by atoms with Crippen molar-refractivity contribution in [2.24, 2.45) is 5.92 Å². The summed E-state index contributed by atoms with van der Waals surface area (Å²) < 4.78 is 38.5. The van der Waals surface area contributed by atoms with Gasteiger partial charge in [-0.25, -0.2) is 0 Å². The highest BCUT2D eigenvalue weighted by atomic mass is 19.4. The second-order valence-corrected chi connectivity index (χ2v) is 10.6. The zero-order valence-electron chi connectivity index (χ0n) is 21.9. The third kappa shape index (κ3) is 7.35. The Bertz CT molecular complexity index is 1220. The van der Waals surface area contributed by atoms with Crippen LogP contribution in [-0.4, -0.2) is 53.0 Å². The molecule has 1 amide bonds. The predicted octanol–water partition coefficient (Wildman–Crippen LogP) is 5.35. The van der Waals surface area contributed by atoms with Gasteiger partial charge in [-0.2, -0.15) is 13.2 Å². The Morgan fingerprint density at radius 3 is 2.26 bits per heavy atom. The fourth-order valence-corrected chi connectivity index (χ4v) is 5.53. The zero-order valence-corrected chi connectivity index (χ0v) is 21.9. The number of alkyl halides is 3. The molecule has 0 spiro atoms. The second kappa shape index (κ2) is 12.2. The number of aromatic nitrogens is 2. The van der Waals surface area contributed by atoms with Gasteiger partial charge in [0.1, 0.15) is 0 Å². The number of likely N-dealkylation sites (tertiary alicyclic amines) is 1. The molecule has 4 heterocycles. The number of halogens is 3. The number of carbonyl (C=O) groups is 1. The van der Waals surface area contributed by atoms with Gasteiger partial charge in [0, 0.05) is 74.3 Å². The summed E-state index contributed by atoms with van der Waals surface area (Å²) in [4.78, 5) is 26.1. The maximum Gasteiger partial charge on any atom is 0.416 e. The van der Waals surface area contributed by atoms with E-state index in [1.807, 2.05) is 30.6 Å². The molecule has 0 saturated carbocycles. The van der Waals surface area contributed by atoms with Crippen LogP contribution in [0, 0.1) is 5.92 Å². The fourth-order valence-electron chi connectivity index (χ4n) is 5.53. The first-order chi connectivity index (χ1) is 18.8. The summed E-state index contributed by atoms with van der Waals surface area (Å²) in [5, 5.41) is 3.21. The minimum Gasteiger partial charge on any atom is -0.372 e. The van der Waals surface area contributed by atoms with E-state index in [-0.39, 0.29) is 11.9 Å². The highest BCUT2D eigenvalue weighted by Gasteiger charge is 2.30. The topological polar surface area (TPSA) is 61.4 Å². The van der Waals surface area contributed by atoms with Crippen molar-refractivity contribution in [3.05, 3.63) is 89.5 Å². The number of nitrogens with one attached hydrogen (secondary N) is 1. The van der Waals surface area contributed by atoms with Crippen LogP contribution in [-0.2, 0) is 19.1 Å². The third-order valence-electron chi connectivity index (χ3n) is 7.83. The molecule has 1 aromatic carbocycles. The SMILES string of the molecule is O=C(NC1CCN(Cc2ccncc2)CC1)c1ccnc(CC2CCN(c3ccc(C(F)(F)F)cc3)CC2)c1. The van der Waals surface area contributed by atoms with Gasteiger partial charge in [0.15, 0.2) is 0 Å². The maximum absolute atomic E-state index is 13.0. The summed E-state index contributed by atoms with van der Waals surface area (Å²) >= 11 is 0. The van der Waals surface area contributed by atoms with Crippen molar-refractivity contribution in [2.45, 2.75) is 50.9 Å². The highest BCUT2D eigenvalue weighted by Crippen LogP contribution is 2.32. The van der Waals surface area contributed by atoms with Gasteiger partial charge in [-0.1, -0.05) is 0 Å². The van der Waals surface area contributed by atoms with E-state index in [2.05, 4.69) is 25.1 Å². The van der Waals surface area contributed by atoms with E-state index in [4.69, 9.17) is 0 Å². The van der Waals surface area contributed by atoms with Gasteiger partial charge in [0.05, 0.1) is 5.56 Å². The number of benzene rings is 1. The predicted molar refractivity (Wildman–Crippen MR) is 144 cm³/mol. The van der Waals surface area contributed by atoms with Crippen molar-refractivity contribution < 1.29 is 18.0 Å². The molecule has 2 aromatic heterocycles. The number of carbonyl (C=O) groups excluding carboxylic acids is 1. The number of nitrogens with zero attached hydrogens (tertiary/aromatic N) is 4. The molecule has 5 rings (SSSR count). The molecule has 9 heteroatoms. The third-order valence-corrected chi connectivity index (χ3v) is 7.83. The van der Waals surface area contributed by atoms with Crippen molar-refractivity contribution in [2.75, 3.05) is 31.1 Å². The van der Waals surface area contributed by atoms with Crippen molar-refractivity contribution in [1.29, 1.82) is 0 Å². The first kappa shape index (κ1) is 27.1. The van der Waals surface area contributed by atoms with Gasteiger partial charge >= 0.3 is 6.18 Å². The summed E-state index contributed by atoms with van der Waals surface area (Å²) in [6, 6.07) is 13.3. The number of hydrogen-bond donors (Lipinski definition) is 1. The monoisotopic (exact) mass is 537 g/mol. The van der Waals surface area contributed by atoms with Crippen LogP contribution in [0.4, 0.5) is 18.9 Å². The van der Waals surface area contributed by atoms with Crippen LogP contribution in [0.15, 0.2) is 67.1 Å². The molecule has 2 aliphatic heterocycles. The molecule has 0 aliphatic carbocycles. The molecule has 6 nitrogen and oxygen atoms in total. The van der Waals surface area contributed by atoms with E-state index in [9.17, 15) is 18.0 Å². The van der Waals surface area contributed by atoms with Crippen LogP contribution in [0.25, 0.3) is 0 Å². The van der Waals surface area contributed by atoms with E-state index in [0.717, 1.165) is 88.3 Å². The number of hydrogen-bond acceptors (Lipinski definition) is 5. The van der Waals surface area contributed by atoms with E-state index >= 15 is 0 Å². The zero-order chi connectivity index (χ0) is 27.2. The fraction of sp³-hybridized carbons (Fsp3) is 0.433. The Kier molecular flexibility index (Phi) is 8.45. The summed E-state index contributed by atoms with van der Waals surface area (Å²) in [6.45, 7) is 4.37. The van der Waals surface area contributed by atoms with Gasteiger partial charge in [-0.3, -0.25) is 19.7 Å². The number of rotatable bonds is 7. The van der Waals surface area contributed by atoms with Crippen LogP contribution in [0.5, 0.6) is 0 Å². The largest absolute Gasteiger partial charge is 0.416 e. The molecule has 0 unspecified atom stereocenters. The Morgan fingerprint density at radius 2 is 1.59 bits per heavy atom. The molecule has 2 fully saturated rings. The average Bonchev–Trinajstić information content (AvgIpc) is 2.95. The lowest BCUT2D eigenvalue weighted by Crippen LogP contribution is -2.44. The highest BCUT2D eigenvalue weighted by molar-refractivity contribution is 5.94. The van der Waals surface area contributed by atoms with E-state index < -0.39 is 11.7 Å². The normalized spacial score (nSPS) is 17.8. The lowest BCUT2D eigenvalue weighted by molar-refractivity contribution is -0.137. The van der Waals surface area contributed by atoms with Crippen LogP contribution in [0.2, 0.25) is 0 Å². The number of anilines is 1. The van der Waals surface area contributed by atoms with Crippen molar-refractivity contribution >= 4 is 11.6 Å². The Balaban J connectivity index is 1.08. The molecule has 39 heavy (non-hydrogen) atoms. The van der Waals surface area contributed by atoms with Gasteiger partial charge in [0.25, 0.3) is 5.91 Å². The molecule has 2 aliphatic rings. The molecule has 3 aromatic rings. The Labute approximate surface area is 227 Å². The minimum atomic E-state index is -4.32. The molecule has 2 saturated heterocycles. The smallest absolute Gasteiger partial charge is 0.372 e. The molecule has 0 atom stereocenters. The molecule has 0 bridgehead atoms.